The Morgan fingerprint density at radius 1 is 0.889 bits per heavy atom. The number of aromatic nitrogens is 1. The molecule has 36 heavy (non-hydrogen) atoms. The third-order valence-corrected chi connectivity index (χ3v) is 6.24. The molecule has 3 aromatic rings. The van der Waals surface area contributed by atoms with E-state index < -0.39 is 11.8 Å². The number of aryl methyl sites for hydroxylation is 1. The number of nitrogens with zero attached hydrogens (tertiary/aromatic N) is 2. The highest BCUT2D eigenvalue weighted by Crippen LogP contribution is 2.36. The molecular formula is C27H22N4O5. The van der Waals surface area contributed by atoms with Crippen LogP contribution in [-0.4, -0.2) is 45.5 Å². The number of rotatable bonds is 7. The van der Waals surface area contributed by atoms with Gasteiger partial charge in [-0.25, -0.2) is 0 Å². The van der Waals surface area contributed by atoms with Gasteiger partial charge in [0.15, 0.2) is 0 Å². The fraction of sp³-hybridized carbons (Fsp3) is 0.148. The number of benzene rings is 2. The SMILES string of the molecule is Cn1cc(C2=C(c3ccc(NC(=O)CCCN4C(=O)C=CC4=O)cc3)C(=O)NC2=O)c2ccccc21. The highest BCUT2D eigenvalue weighted by atomic mass is 16.2. The lowest BCUT2D eigenvalue weighted by atomic mass is 9.96. The van der Waals surface area contributed by atoms with E-state index in [0.717, 1.165) is 15.8 Å². The molecule has 2 aliphatic rings. The standard InChI is InChI=1S/C27H22N4O5/c1-30-15-19(18-5-2-3-6-20(18)30)25-24(26(35)29-27(25)36)16-8-10-17(11-9-16)28-21(32)7-4-14-31-22(33)12-13-23(31)34/h2-3,5-6,8-13,15H,4,7,14H2,1H3,(H,28,32)(H,29,35,36). The summed E-state index contributed by atoms with van der Waals surface area (Å²) in [4.78, 5) is 62.1. The average Bonchev–Trinajstić information content (AvgIpc) is 3.47. The molecule has 9 nitrogen and oxygen atoms in total. The van der Waals surface area contributed by atoms with Gasteiger partial charge in [-0.1, -0.05) is 30.3 Å². The second-order valence-corrected chi connectivity index (χ2v) is 8.59. The van der Waals surface area contributed by atoms with Gasteiger partial charge in [0.2, 0.25) is 5.91 Å². The highest BCUT2D eigenvalue weighted by molar-refractivity contribution is 6.50. The molecule has 2 N–H and O–H groups in total. The molecule has 0 saturated heterocycles. The number of hydrogen-bond acceptors (Lipinski definition) is 5. The Hall–Kier alpha value is -4.79. The van der Waals surface area contributed by atoms with Gasteiger partial charge in [0.25, 0.3) is 23.6 Å². The van der Waals surface area contributed by atoms with Crippen molar-refractivity contribution < 1.29 is 24.0 Å². The Balaban J connectivity index is 1.33. The Morgan fingerprint density at radius 3 is 2.28 bits per heavy atom. The number of amides is 5. The Labute approximate surface area is 206 Å². The van der Waals surface area contributed by atoms with Crippen LogP contribution in [0.3, 0.4) is 0 Å². The maximum Gasteiger partial charge on any atom is 0.259 e. The largest absolute Gasteiger partial charge is 0.350 e. The monoisotopic (exact) mass is 482 g/mol. The van der Waals surface area contributed by atoms with E-state index in [1.807, 2.05) is 42.1 Å². The maximum atomic E-state index is 12.8. The van der Waals surface area contributed by atoms with Crippen molar-refractivity contribution in [3.8, 4) is 0 Å². The molecule has 1 aromatic heterocycles. The molecule has 5 rings (SSSR count). The Morgan fingerprint density at radius 2 is 1.56 bits per heavy atom. The first-order valence-corrected chi connectivity index (χ1v) is 11.4. The summed E-state index contributed by atoms with van der Waals surface area (Å²) in [5.41, 5.74) is 3.29. The summed E-state index contributed by atoms with van der Waals surface area (Å²) in [6, 6.07) is 14.3. The lowest BCUT2D eigenvalue weighted by Gasteiger charge is -2.13. The van der Waals surface area contributed by atoms with Gasteiger partial charge in [0, 0.05) is 60.5 Å². The molecule has 0 spiro atoms. The van der Waals surface area contributed by atoms with Crippen LogP contribution in [0.15, 0.2) is 66.9 Å². The van der Waals surface area contributed by atoms with Crippen molar-refractivity contribution in [2.24, 2.45) is 7.05 Å². The minimum Gasteiger partial charge on any atom is -0.350 e. The van der Waals surface area contributed by atoms with Gasteiger partial charge in [0.05, 0.1) is 11.1 Å². The van der Waals surface area contributed by atoms with E-state index >= 15 is 0 Å². The molecular weight excluding hydrogens is 460 g/mol. The topological polar surface area (TPSA) is 118 Å². The number of carbonyl (C=O) groups excluding carboxylic acids is 5. The first-order chi connectivity index (χ1) is 17.3. The molecule has 180 valence electrons. The van der Waals surface area contributed by atoms with Gasteiger partial charge < -0.3 is 9.88 Å². The lowest BCUT2D eigenvalue weighted by molar-refractivity contribution is -0.137. The first-order valence-electron chi connectivity index (χ1n) is 11.4. The predicted molar refractivity (Wildman–Crippen MR) is 133 cm³/mol. The van der Waals surface area contributed by atoms with Crippen molar-refractivity contribution in [1.29, 1.82) is 0 Å². The van der Waals surface area contributed by atoms with E-state index in [1.165, 1.54) is 12.2 Å². The molecule has 2 aromatic carbocycles. The second kappa shape index (κ2) is 9.10. The van der Waals surface area contributed by atoms with E-state index in [9.17, 15) is 24.0 Å². The normalized spacial score (nSPS) is 15.4. The number of para-hydroxylation sites is 1. The molecule has 2 aliphatic heterocycles. The third-order valence-electron chi connectivity index (χ3n) is 6.24. The zero-order valence-electron chi connectivity index (χ0n) is 19.4. The van der Waals surface area contributed by atoms with Gasteiger partial charge in [-0.05, 0) is 30.2 Å². The van der Waals surface area contributed by atoms with E-state index in [-0.39, 0.29) is 36.3 Å². The van der Waals surface area contributed by atoms with Crippen LogP contribution in [0.4, 0.5) is 5.69 Å². The van der Waals surface area contributed by atoms with Gasteiger partial charge >= 0.3 is 0 Å². The van der Waals surface area contributed by atoms with Crippen molar-refractivity contribution in [2.45, 2.75) is 12.8 Å². The summed E-state index contributed by atoms with van der Waals surface area (Å²) in [5.74, 6) is -1.93. The zero-order valence-corrected chi connectivity index (χ0v) is 19.4. The number of nitrogens with one attached hydrogen (secondary N) is 2. The Bertz CT molecular complexity index is 1490. The quantitative estimate of drug-likeness (QED) is 0.502. The number of imide groups is 2. The summed E-state index contributed by atoms with van der Waals surface area (Å²) >= 11 is 0. The molecule has 3 heterocycles. The number of fused-ring (bicyclic) bond motifs is 1. The van der Waals surface area contributed by atoms with Gasteiger partial charge in [-0.15, -0.1) is 0 Å². The van der Waals surface area contributed by atoms with Crippen molar-refractivity contribution in [1.82, 2.24) is 14.8 Å². The molecule has 0 unspecified atom stereocenters. The fourth-order valence-electron chi connectivity index (χ4n) is 4.52. The summed E-state index contributed by atoms with van der Waals surface area (Å²) < 4.78 is 1.91. The van der Waals surface area contributed by atoms with Crippen LogP contribution in [0.25, 0.3) is 22.0 Å². The van der Waals surface area contributed by atoms with Crippen LogP contribution in [0.2, 0.25) is 0 Å². The number of anilines is 1. The van der Waals surface area contributed by atoms with E-state index in [2.05, 4.69) is 10.6 Å². The molecule has 9 heteroatoms. The summed E-state index contributed by atoms with van der Waals surface area (Å²) in [7, 11) is 1.88. The fourth-order valence-corrected chi connectivity index (χ4v) is 4.52. The minimum absolute atomic E-state index is 0.131. The van der Waals surface area contributed by atoms with Crippen LogP contribution in [0.5, 0.6) is 0 Å². The molecule has 0 atom stereocenters. The molecule has 0 saturated carbocycles. The van der Waals surface area contributed by atoms with Gasteiger partial charge in [0.1, 0.15) is 0 Å². The van der Waals surface area contributed by atoms with Crippen LogP contribution >= 0.6 is 0 Å². The van der Waals surface area contributed by atoms with Gasteiger partial charge in [-0.2, -0.15) is 0 Å². The molecule has 0 bridgehead atoms. The van der Waals surface area contributed by atoms with E-state index in [4.69, 9.17) is 0 Å². The van der Waals surface area contributed by atoms with E-state index in [1.54, 1.807) is 24.3 Å². The highest BCUT2D eigenvalue weighted by Gasteiger charge is 2.33. The maximum absolute atomic E-state index is 12.8. The lowest BCUT2D eigenvalue weighted by Crippen LogP contribution is -2.31. The Kier molecular flexibility index (Phi) is 5.81. The van der Waals surface area contributed by atoms with E-state index in [0.29, 0.717) is 28.8 Å². The van der Waals surface area contributed by atoms with Crippen LogP contribution < -0.4 is 10.6 Å². The van der Waals surface area contributed by atoms with Crippen molar-refractivity contribution >= 4 is 57.3 Å². The molecule has 5 amide bonds. The predicted octanol–water partition coefficient (Wildman–Crippen LogP) is 2.39. The molecule has 0 aliphatic carbocycles. The zero-order chi connectivity index (χ0) is 25.4. The summed E-state index contributed by atoms with van der Waals surface area (Å²) in [6.45, 7) is 0.172. The van der Waals surface area contributed by atoms with Crippen LogP contribution in [0, 0.1) is 0 Å². The summed E-state index contributed by atoms with van der Waals surface area (Å²) in [5, 5.41) is 6.04. The summed E-state index contributed by atoms with van der Waals surface area (Å²) in [6.07, 6.45) is 4.73. The van der Waals surface area contributed by atoms with Crippen LogP contribution in [-0.2, 0) is 31.0 Å². The van der Waals surface area contributed by atoms with Crippen molar-refractivity contribution in [3.63, 3.8) is 0 Å². The number of carbonyl (C=O) groups is 5. The molecule has 0 fully saturated rings. The smallest absolute Gasteiger partial charge is 0.259 e. The van der Waals surface area contributed by atoms with Crippen molar-refractivity contribution in [3.05, 3.63) is 78.0 Å². The minimum atomic E-state index is -0.472. The van der Waals surface area contributed by atoms with Crippen molar-refractivity contribution in [2.75, 3.05) is 11.9 Å². The number of hydrogen-bond donors (Lipinski definition) is 2. The first kappa shape index (κ1) is 23.0. The van der Waals surface area contributed by atoms with Crippen LogP contribution in [0.1, 0.15) is 24.0 Å². The third kappa shape index (κ3) is 4.11. The average molecular weight is 482 g/mol. The second-order valence-electron chi connectivity index (χ2n) is 8.59. The van der Waals surface area contributed by atoms with Gasteiger partial charge in [-0.3, -0.25) is 34.2 Å². The molecule has 0 radical (unpaired) electrons.